The first kappa shape index (κ1) is 36.9. The molecule has 0 aromatic heterocycles. The topological polar surface area (TPSA) is 30.9 Å². The SMILES string of the molecule is C1=CC2Oc3ccccc3C2C(C2=CC(N(c3ccccc3)c3ccc(-c4cccc5c4Oc4cc6c(cc4O5)C4(C5=C(CCC=C5)c5ccccc54)C4=C6C=CCC4)cc3)=CCC2)=C1. The molecule has 8 aliphatic rings. The molecule has 3 atom stereocenters. The van der Waals surface area contributed by atoms with Crippen LogP contribution in [-0.4, -0.2) is 6.10 Å². The van der Waals surface area contributed by atoms with Crippen LogP contribution in [0.5, 0.6) is 28.7 Å². The average Bonchev–Trinajstić information content (AvgIpc) is 4.00. The van der Waals surface area contributed by atoms with Gasteiger partial charge in [0, 0.05) is 28.2 Å². The standard InChI is InChI=1S/C61H45NO3/c1-2-16-40(17-3-1)62(42-18-12-15-39(35-42)43-23-13-29-55-59(43)48-22-7-11-28-54(48)63-55)41-33-31-38(32-34-41)44-24-14-30-56-60(44)65-57-36-49-47-21-6-10-27-52(47)61(53(49)37-58(57)64-56)50-25-8-4-19-45(50)46-20-5-9-26-51(46)61/h1-4,6-9,11,13-14,16-19,21-26,28-37,55,59H,5,10,12,15,20,27H2. The van der Waals surface area contributed by atoms with Gasteiger partial charge in [0.05, 0.1) is 11.3 Å². The average molecular weight is 840 g/mol. The number of hydrogen-bond acceptors (Lipinski definition) is 4. The van der Waals surface area contributed by atoms with Crippen LogP contribution in [0.2, 0.25) is 0 Å². The maximum absolute atomic E-state index is 7.01. The lowest BCUT2D eigenvalue weighted by atomic mass is 9.66. The van der Waals surface area contributed by atoms with Crippen molar-refractivity contribution in [3.05, 3.63) is 244 Å². The zero-order valence-corrected chi connectivity index (χ0v) is 36.0. The van der Waals surface area contributed by atoms with E-state index in [4.69, 9.17) is 14.2 Å². The van der Waals surface area contributed by atoms with Gasteiger partial charge in [-0.3, -0.25) is 0 Å². The molecule has 6 aromatic carbocycles. The van der Waals surface area contributed by atoms with Crippen LogP contribution in [0.25, 0.3) is 22.3 Å². The van der Waals surface area contributed by atoms with Crippen LogP contribution in [-0.2, 0) is 5.41 Å². The monoisotopic (exact) mass is 839 g/mol. The Morgan fingerprint density at radius 2 is 1.38 bits per heavy atom. The predicted octanol–water partition coefficient (Wildman–Crippen LogP) is 15.6. The van der Waals surface area contributed by atoms with Gasteiger partial charge in [-0.2, -0.15) is 0 Å². The van der Waals surface area contributed by atoms with Gasteiger partial charge in [0.1, 0.15) is 11.9 Å². The molecule has 4 heteroatoms. The molecule has 0 fully saturated rings. The molecule has 0 radical (unpaired) electrons. The van der Waals surface area contributed by atoms with Gasteiger partial charge < -0.3 is 19.1 Å². The molecule has 312 valence electrons. The van der Waals surface area contributed by atoms with Crippen LogP contribution in [0.1, 0.15) is 72.3 Å². The largest absolute Gasteiger partial charge is 0.485 e. The van der Waals surface area contributed by atoms with Crippen molar-refractivity contribution in [1.82, 2.24) is 0 Å². The fourth-order valence-electron chi connectivity index (χ4n) is 12.3. The lowest BCUT2D eigenvalue weighted by Crippen LogP contribution is -2.29. The smallest absolute Gasteiger partial charge is 0.177 e. The van der Waals surface area contributed by atoms with E-state index in [1.807, 2.05) is 6.07 Å². The highest BCUT2D eigenvalue weighted by atomic mass is 16.6. The van der Waals surface area contributed by atoms with Gasteiger partial charge in [-0.1, -0.05) is 127 Å². The molecule has 2 aliphatic heterocycles. The molecule has 2 heterocycles. The van der Waals surface area contributed by atoms with E-state index in [-0.39, 0.29) is 17.4 Å². The van der Waals surface area contributed by atoms with Gasteiger partial charge >= 0.3 is 0 Å². The maximum Gasteiger partial charge on any atom is 0.177 e. The number of allylic oxidation sites excluding steroid dienone is 13. The van der Waals surface area contributed by atoms with Gasteiger partial charge in [-0.05, 0) is 160 Å². The highest BCUT2D eigenvalue weighted by Crippen LogP contribution is 2.66. The molecule has 3 unspecified atom stereocenters. The minimum absolute atomic E-state index is 0.0228. The molecule has 0 saturated carbocycles. The lowest BCUT2D eigenvalue weighted by molar-refractivity contribution is 0.265. The first-order valence-electron chi connectivity index (χ1n) is 23.3. The minimum atomic E-state index is -0.316. The number of anilines is 2. The van der Waals surface area contributed by atoms with E-state index >= 15 is 0 Å². The number of hydrogen-bond donors (Lipinski definition) is 0. The van der Waals surface area contributed by atoms with Crippen molar-refractivity contribution in [2.24, 2.45) is 0 Å². The second-order valence-electron chi connectivity index (χ2n) is 18.3. The molecule has 14 rings (SSSR count). The zero-order chi connectivity index (χ0) is 42.6. The zero-order valence-electron chi connectivity index (χ0n) is 36.0. The van der Waals surface area contributed by atoms with Gasteiger partial charge in [-0.25, -0.2) is 0 Å². The molecule has 0 amide bonds. The van der Waals surface area contributed by atoms with Crippen LogP contribution in [0.15, 0.2) is 216 Å². The molecule has 6 aromatic rings. The van der Waals surface area contributed by atoms with Gasteiger partial charge in [-0.15, -0.1) is 0 Å². The molecule has 6 aliphatic carbocycles. The fourth-order valence-corrected chi connectivity index (χ4v) is 12.3. The summed E-state index contributed by atoms with van der Waals surface area (Å²) in [5.41, 5.74) is 20.3. The predicted molar refractivity (Wildman–Crippen MR) is 261 cm³/mol. The molecule has 65 heavy (non-hydrogen) atoms. The van der Waals surface area contributed by atoms with Crippen molar-refractivity contribution in [1.29, 1.82) is 0 Å². The van der Waals surface area contributed by atoms with Crippen molar-refractivity contribution in [3.63, 3.8) is 0 Å². The second kappa shape index (κ2) is 14.2. The molecular weight excluding hydrogens is 795 g/mol. The van der Waals surface area contributed by atoms with E-state index in [0.29, 0.717) is 0 Å². The van der Waals surface area contributed by atoms with Crippen molar-refractivity contribution >= 4 is 22.5 Å². The summed E-state index contributed by atoms with van der Waals surface area (Å²) < 4.78 is 20.4. The summed E-state index contributed by atoms with van der Waals surface area (Å²) in [5.74, 6) is 4.19. The van der Waals surface area contributed by atoms with E-state index in [9.17, 15) is 0 Å². The Morgan fingerprint density at radius 1 is 0.600 bits per heavy atom. The molecule has 1 spiro atoms. The van der Waals surface area contributed by atoms with E-state index in [2.05, 4.69) is 187 Å². The summed E-state index contributed by atoms with van der Waals surface area (Å²) in [5, 5.41) is 0. The quantitative estimate of drug-likeness (QED) is 0.173. The maximum atomic E-state index is 7.01. The highest BCUT2D eigenvalue weighted by molar-refractivity contribution is 5.98. The number of rotatable bonds is 5. The molecular formula is C61H45NO3. The fraction of sp³-hybridized carbons (Fsp3) is 0.148. The number of nitrogens with zero attached hydrogens (tertiary/aromatic N) is 1. The van der Waals surface area contributed by atoms with E-state index in [1.54, 1.807) is 0 Å². The first-order valence-corrected chi connectivity index (χ1v) is 23.3. The van der Waals surface area contributed by atoms with Crippen molar-refractivity contribution in [2.75, 3.05) is 4.90 Å². The van der Waals surface area contributed by atoms with E-state index < -0.39 is 0 Å². The lowest BCUT2D eigenvalue weighted by Gasteiger charge is -2.35. The summed E-state index contributed by atoms with van der Waals surface area (Å²) >= 11 is 0. The molecule has 0 bridgehead atoms. The summed E-state index contributed by atoms with van der Waals surface area (Å²) in [6.45, 7) is 0. The van der Waals surface area contributed by atoms with Crippen molar-refractivity contribution in [3.8, 4) is 39.9 Å². The Hall–Kier alpha value is -7.56. The summed E-state index contributed by atoms with van der Waals surface area (Å²) in [4.78, 5) is 2.38. The van der Waals surface area contributed by atoms with Crippen LogP contribution < -0.4 is 19.1 Å². The summed E-state index contributed by atoms with van der Waals surface area (Å²) in [7, 11) is 0. The number of ether oxygens (including phenoxy) is 3. The van der Waals surface area contributed by atoms with Crippen LogP contribution in [0.3, 0.4) is 0 Å². The van der Waals surface area contributed by atoms with Gasteiger partial charge in [0.15, 0.2) is 23.0 Å². The Bertz CT molecular complexity index is 3300. The number of fused-ring (bicyclic) bond motifs is 13. The van der Waals surface area contributed by atoms with Gasteiger partial charge in [0.2, 0.25) is 0 Å². The van der Waals surface area contributed by atoms with Crippen LogP contribution in [0.4, 0.5) is 11.4 Å². The third-order valence-electron chi connectivity index (χ3n) is 15.0. The van der Waals surface area contributed by atoms with Crippen molar-refractivity contribution < 1.29 is 14.2 Å². The Morgan fingerprint density at radius 3 is 2.32 bits per heavy atom. The Labute approximate surface area is 379 Å². The second-order valence-corrected chi connectivity index (χ2v) is 18.3. The van der Waals surface area contributed by atoms with Crippen LogP contribution >= 0.6 is 0 Å². The van der Waals surface area contributed by atoms with E-state index in [1.165, 1.54) is 67.0 Å². The number of para-hydroxylation sites is 3. The third kappa shape index (κ3) is 5.37. The molecule has 0 N–H and O–H groups in total. The Kier molecular flexibility index (Phi) is 8.07. The number of benzene rings is 6. The van der Waals surface area contributed by atoms with Crippen molar-refractivity contribution in [2.45, 2.75) is 56.0 Å². The minimum Gasteiger partial charge on any atom is -0.485 e. The van der Waals surface area contributed by atoms with Crippen LogP contribution in [0, 0.1) is 0 Å². The first-order chi connectivity index (χ1) is 32.2. The molecule has 4 nitrogen and oxygen atoms in total. The Balaban J connectivity index is 0.814. The van der Waals surface area contributed by atoms with Gasteiger partial charge in [0.25, 0.3) is 0 Å². The molecule has 0 saturated heterocycles. The summed E-state index contributed by atoms with van der Waals surface area (Å²) in [6, 6.07) is 48.1. The summed E-state index contributed by atoms with van der Waals surface area (Å²) in [6.07, 6.45) is 27.1. The van der Waals surface area contributed by atoms with E-state index in [0.717, 1.165) is 89.8 Å². The highest BCUT2D eigenvalue weighted by Gasteiger charge is 2.54. The normalized spacial score (nSPS) is 22.2. The third-order valence-corrected chi connectivity index (χ3v) is 15.0.